The van der Waals surface area contributed by atoms with Gasteiger partial charge in [-0.25, -0.2) is 14.6 Å². The Morgan fingerprint density at radius 2 is 2.19 bits per heavy atom. The summed E-state index contributed by atoms with van der Waals surface area (Å²) < 4.78 is 7.42. The standard InChI is InChI=1S/C15H16N4OS/c1-3-20-12-6-4-5-11(7-12)9-19-14-13(8-18-19)15(21-2)17-10-16-14/h4-8,10H,3,9H2,1-2H3. The topological polar surface area (TPSA) is 52.8 Å². The van der Waals surface area contributed by atoms with Crippen molar-refractivity contribution in [3.8, 4) is 5.75 Å². The first-order valence-corrected chi connectivity index (χ1v) is 7.96. The third-order valence-corrected chi connectivity index (χ3v) is 3.84. The minimum Gasteiger partial charge on any atom is -0.494 e. The van der Waals surface area contributed by atoms with Crippen LogP contribution in [0, 0.1) is 0 Å². The molecule has 2 aromatic heterocycles. The van der Waals surface area contributed by atoms with E-state index < -0.39 is 0 Å². The summed E-state index contributed by atoms with van der Waals surface area (Å²) in [6.07, 6.45) is 5.42. The van der Waals surface area contributed by atoms with Crippen LogP contribution in [0.15, 0.2) is 41.8 Å². The molecule has 0 aliphatic rings. The SMILES string of the molecule is CCOc1cccc(Cn2ncc3c(SC)ncnc32)c1. The molecule has 0 spiro atoms. The lowest BCUT2D eigenvalue weighted by atomic mass is 10.2. The Labute approximate surface area is 127 Å². The van der Waals surface area contributed by atoms with Gasteiger partial charge in [0.2, 0.25) is 0 Å². The van der Waals surface area contributed by atoms with Crippen LogP contribution in [0.5, 0.6) is 5.75 Å². The molecular weight excluding hydrogens is 284 g/mol. The Morgan fingerprint density at radius 1 is 1.29 bits per heavy atom. The van der Waals surface area contributed by atoms with Crippen LogP contribution in [0.4, 0.5) is 0 Å². The first kappa shape index (κ1) is 13.9. The van der Waals surface area contributed by atoms with Crippen LogP contribution >= 0.6 is 11.8 Å². The van der Waals surface area contributed by atoms with Gasteiger partial charge in [-0.15, -0.1) is 11.8 Å². The van der Waals surface area contributed by atoms with E-state index in [1.807, 2.05) is 42.3 Å². The molecule has 0 fully saturated rings. The van der Waals surface area contributed by atoms with Crippen molar-refractivity contribution in [2.24, 2.45) is 0 Å². The van der Waals surface area contributed by atoms with E-state index in [1.165, 1.54) is 0 Å². The number of benzene rings is 1. The molecule has 2 heterocycles. The highest BCUT2D eigenvalue weighted by Gasteiger charge is 2.09. The fourth-order valence-corrected chi connectivity index (χ4v) is 2.74. The van der Waals surface area contributed by atoms with E-state index in [-0.39, 0.29) is 0 Å². The molecule has 21 heavy (non-hydrogen) atoms. The third-order valence-electron chi connectivity index (χ3n) is 3.13. The van der Waals surface area contributed by atoms with Crippen LogP contribution in [0.2, 0.25) is 0 Å². The van der Waals surface area contributed by atoms with E-state index >= 15 is 0 Å². The minimum atomic E-state index is 0.662. The average Bonchev–Trinajstić information content (AvgIpc) is 2.91. The number of thioether (sulfide) groups is 1. The lowest BCUT2D eigenvalue weighted by molar-refractivity contribution is 0.340. The van der Waals surface area contributed by atoms with Crippen molar-refractivity contribution >= 4 is 22.8 Å². The number of ether oxygens (including phenoxy) is 1. The fraction of sp³-hybridized carbons (Fsp3) is 0.267. The summed E-state index contributed by atoms with van der Waals surface area (Å²) in [6.45, 7) is 3.31. The van der Waals surface area contributed by atoms with Crippen molar-refractivity contribution in [1.82, 2.24) is 19.7 Å². The number of fused-ring (bicyclic) bond motifs is 1. The molecule has 0 saturated heterocycles. The van der Waals surface area contributed by atoms with E-state index in [1.54, 1.807) is 18.1 Å². The van der Waals surface area contributed by atoms with Gasteiger partial charge in [0.15, 0.2) is 5.65 Å². The van der Waals surface area contributed by atoms with Gasteiger partial charge >= 0.3 is 0 Å². The maximum Gasteiger partial charge on any atom is 0.162 e. The number of aromatic nitrogens is 4. The van der Waals surface area contributed by atoms with Crippen molar-refractivity contribution in [3.05, 3.63) is 42.4 Å². The summed E-state index contributed by atoms with van der Waals surface area (Å²) in [5.74, 6) is 0.880. The maximum atomic E-state index is 5.53. The van der Waals surface area contributed by atoms with Crippen LogP contribution in [0.1, 0.15) is 12.5 Å². The summed E-state index contributed by atoms with van der Waals surface area (Å²) in [5.41, 5.74) is 1.99. The smallest absolute Gasteiger partial charge is 0.162 e. The Bertz CT molecular complexity index is 756. The molecule has 1 aromatic carbocycles. The molecule has 3 aromatic rings. The van der Waals surface area contributed by atoms with Crippen molar-refractivity contribution in [2.45, 2.75) is 18.5 Å². The molecule has 0 N–H and O–H groups in total. The zero-order chi connectivity index (χ0) is 14.7. The van der Waals surface area contributed by atoms with Crippen molar-refractivity contribution in [2.75, 3.05) is 12.9 Å². The molecule has 0 atom stereocenters. The second-order valence-electron chi connectivity index (χ2n) is 4.50. The monoisotopic (exact) mass is 300 g/mol. The molecule has 0 unspecified atom stereocenters. The van der Waals surface area contributed by atoms with Crippen molar-refractivity contribution in [1.29, 1.82) is 0 Å². The first-order chi connectivity index (χ1) is 10.3. The molecule has 0 amide bonds. The summed E-state index contributed by atoms with van der Waals surface area (Å²) in [5, 5.41) is 6.38. The van der Waals surface area contributed by atoms with E-state index in [9.17, 15) is 0 Å². The van der Waals surface area contributed by atoms with E-state index in [4.69, 9.17) is 4.74 Å². The molecule has 0 radical (unpaired) electrons. The van der Waals surface area contributed by atoms with Crippen LogP contribution in [-0.4, -0.2) is 32.6 Å². The Kier molecular flexibility index (Phi) is 4.06. The van der Waals surface area contributed by atoms with E-state index in [0.717, 1.165) is 27.4 Å². The molecular formula is C15H16N4OS. The molecule has 0 bridgehead atoms. The maximum absolute atomic E-state index is 5.53. The van der Waals surface area contributed by atoms with Gasteiger partial charge in [-0.1, -0.05) is 12.1 Å². The molecule has 6 heteroatoms. The lowest BCUT2D eigenvalue weighted by Gasteiger charge is -2.07. The third kappa shape index (κ3) is 2.85. The molecule has 0 aliphatic heterocycles. The van der Waals surface area contributed by atoms with Crippen LogP contribution in [0.25, 0.3) is 11.0 Å². The second kappa shape index (κ2) is 6.13. The largest absolute Gasteiger partial charge is 0.494 e. The summed E-state index contributed by atoms with van der Waals surface area (Å²) in [6, 6.07) is 8.05. The van der Waals surface area contributed by atoms with Crippen molar-refractivity contribution in [3.63, 3.8) is 0 Å². The van der Waals surface area contributed by atoms with Crippen LogP contribution in [-0.2, 0) is 6.54 Å². The van der Waals surface area contributed by atoms with Gasteiger partial charge in [0, 0.05) is 0 Å². The molecule has 108 valence electrons. The summed E-state index contributed by atoms with van der Waals surface area (Å²) in [7, 11) is 0. The van der Waals surface area contributed by atoms with Gasteiger partial charge in [0.05, 0.1) is 24.7 Å². The Balaban J connectivity index is 1.93. The first-order valence-electron chi connectivity index (χ1n) is 6.74. The molecule has 3 rings (SSSR count). The normalized spacial score (nSPS) is 11.0. The summed E-state index contributed by atoms with van der Waals surface area (Å²) >= 11 is 1.60. The fourth-order valence-electron chi connectivity index (χ4n) is 2.22. The molecule has 5 nitrogen and oxygen atoms in total. The highest BCUT2D eigenvalue weighted by molar-refractivity contribution is 7.98. The highest BCUT2D eigenvalue weighted by Crippen LogP contribution is 2.22. The van der Waals surface area contributed by atoms with Gasteiger partial charge in [-0.2, -0.15) is 5.10 Å². The number of hydrogen-bond donors (Lipinski definition) is 0. The van der Waals surface area contributed by atoms with Gasteiger partial charge in [0.25, 0.3) is 0 Å². The van der Waals surface area contributed by atoms with Crippen LogP contribution < -0.4 is 4.74 Å². The van der Waals surface area contributed by atoms with Gasteiger partial charge in [-0.05, 0) is 30.9 Å². The second-order valence-corrected chi connectivity index (χ2v) is 5.30. The highest BCUT2D eigenvalue weighted by atomic mass is 32.2. The van der Waals surface area contributed by atoms with Gasteiger partial charge < -0.3 is 4.74 Å². The number of rotatable bonds is 5. The molecule has 0 aliphatic carbocycles. The van der Waals surface area contributed by atoms with E-state index in [0.29, 0.717) is 13.2 Å². The number of hydrogen-bond acceptors (Lipinski definition) is 5. The Morgan fingerprint density at radius 3 is 3.00 bits per heavy atom. The van der Waals surface area contributed by atoms with Gasteiger partial charge in [0.1, 0.15) is 17.1 Å². The summed E-state index contributed by atoms with van der Waals surface area (Å²) in [4.78, 5) is 8.61. The average molecular weight is 300 g/mol. The predicted octanol–water partition coefficient (Wildman–Crippen LogP) is 3.00. The number of nitrogens with zero attached hydrogens (tertiary/aromatic N) is 4. The van der Waals surface area contributed by atoms with Gasteiger partial charge in [-0.3, -0.25) is 0 Å². The van der Waals surface area contributed by atoms with E-state index in [2.05, 4.69) is 21.1 Å². The minimum absolute atomic E-state index is 0.662. The Hall–Kier alpha value is -2.08. The zero-order valence-electron chi connectivity index (χ0n) is 12.0. The van der Waals surface area contributed by atoms with Crippen LogP contribution in [0.3, 0.4) is 0 Å². The van der Waals surface area contributed by atoms with Crippen molar-refractivity contribution < 1.29 is 4.74 Å². The zero-order valence-corrected chi connectivity index (χ0v) is 12.8. The molecule has 0 saturated carbocycles. The lowest BCUT2D eigenvalue weighted by Crippen LogP contribution is -2.03. The predicted molar refractivity (Wildman–Crippen MR) is 83.8 cm³/mol. The quantitative estimate of drug-likeness (QED) is 0.535.